The van der Waals surface area contributed by atoms with Crippen molar-refractivity contribution in [1.82, 2.24) is 0 Å². The van der Waals surface area contributed by atoms with E-state index < -0.39 is 12.0 Å². The zero-order valence-corrected chi connectivity index (χ0v) is 15.9. The lowest BCUT2D eigenvalue weighted by molar-refractivity contribution is -0.123. The van der Waals surface area contributed by atoms with Crippen molar-refractivity contribution < 1.29 is 18.4 Å². The zero-order valence-electron chi connectivity index (χ0n) is 15.9. The van der Waals surface area contributed by atoms with Gasteiger partial charge in [0, 0.05) is 25.0 Å². The number of carbonyl (C=O) groups is 2. The first-order valence-electron chi connectivity index (χ1n) is 9.69. The fourth-order valence-corrected chi connectivity index (χ4v) is 4.54. The molecule has 0 N–H and O–H groups in total. The average molecular weight is 388 g/mol. The number of furan rings is 2. The summed E-state index contributed by atoms with van der Waals surface area (Å²) < 4.78 is 11.3. The van der Waals surface area contributed by atoms with Gasteiger partial charge in [-0.15, -0.1) is 0 Å². The monoisotopic (exact) mass is 388 g/mol. The van der Waals surface area contributed by atoms with Crippen molar-refractivity contribution >= 4 is 28.8 Å². The van der Waals surface area contributed by atoms with Gasteiger partial charge in [0.05, 0.1) is 29.8 Å². The molecule has 29 heavy (non-hydrogen) atoms. The standard InChI is InChI=1S/C23H20N2O4/c1-14(26)25-18-7-3-2-6-16(18)24-17-12-15(20-8-4-10-28-20)13-19(27)22(17)23(25)21-9-5-11-29-21/h2-11,15,22-23H,12-13H2,1H3/t15-,22?,23+/m1/s1. The van der Waals surface area contributed by atoms with Crippen LogP contribution >= 0.6 is 0 Å². The third-order valence-electron chi connectivity index (χ3n) is 5.73. The maximum atomic E-state index is 13.4. The Hall–Kier alpha value is -3.41. The second kappa shape index (κ2) is 6.88. The van der Waals surface area contributed by atoms with Crippen LogP contribution in [0, 0.1) is 5.92 Å². The molecule has 1 aromatic carbocycles. The molecule has 1 amide bonds. The van der Waals surface area contributed by atoms with Gasteiger partial charge in [0.1, 0.15) is 23.3 Å². The lowest BCUT2D eigenvalue weighted by atomic mass is 9.74. The molecular formula is C23H20N2O4. The van der Waals surface area contributed by atoms with Gasteiger partial charge in [-0.3, -0.25) is 19.5 Å². The summed E-state index contributed by atoms with van der Waals surface area (Å²) in [5, 5.41) is 0. The minimum atomic E-state index is -0.560. The number of aliphatic imine (C=N–C) groups is 1. The normalized spacial score (nSPS) is 23.8. The molecule has 0 radical (unpaired) electrons. The Morgan fingerprint density at radius 1 is 1.00 bits per heavy atom. The van der Waals surface area contributed by atoms with Crippen molar-refractivity contribution in [3.63, 3.8) is 0 Å². The van der Waals surface area contributed by atoms with Crippen LogP contribution in [0.4, 0.5) is 11.4 Å². The Bertz CT molecular complexity index is 1080. The van der Waals surface area contributed by atoms with Crippen LogP contribution in [0.3, 0.4) is 0 Å². The first kappa shape index (κ1) is 17.7. The number of para-hydroxylation sites is 2. The Morgan fingerprint density at radius 3 is 2.41 bits per heavy atom. The molecule has 1 aliphatic carbocycles. The van der Waals surface area contributed by atoms with Crippen molar-refractivity contribution in [2.45, 2.75) is 31.7 Å². The molecular weight excluding hydrogens is 368 g/mol. The van der Waals surface area contributed by atoms with Crippen LogP contribution in [0.5, 0.6) is 0 Å². The molecule has 5 rings (SSSR count). The van der Waals surface area contributed by atoms with Gasteiger partial charge in [0.25, 0.3) is 0 Å². The summed E-state index contributed by atoms with van der Waals surface area (Å²) in [7, 11) is 0. The van der Waals surface area contributed by atoms with Crippen LogP contribution in [-0.2, 0) is 9.59 Å². The summed E-state index contributed by atoms with van der Waals surface area (Å²) >= 11 is 0. The molecule has 3 heterocycles. The van der Waals surface area contributed by atoms with E-state index in [1.807, 2.05) is 42.5 Å². The number of benzene rings is 1. The van der Waals surface area contributed by atoms with E-state index in [0.29, 0.717) is 30.0 Å². The van der Waals surface area contributed by atoms with Crippen molar-refractivity contribution in [3.05, 3.63) is 72.6 Å². The molecule has 1 fully saturated rings. The van der Waals surface area contributed by atoms with Crippen LogP contribution in [-0.4, -0.2) is 17.4 Å². The van der Waals surface area contributed by atoms with Crippen LogP contribution in [0.15, 0.2) is 74.9 Å². The molecule has 3 aromatic rings. The quantitative estimate of drug-likeness (QED) is 0.631. The lowest BCUT2D eigenvalue weighted by Crippen LogP contribution is -2.44. The molecule has 1 saturated carbocycles. The highest BCUT2D eigenvalue weighted by molar-refractivity contribution is 6.12. The molecule has 2 aromatic heterocycles. The second-order valence-electron chi connectivity index (χ2n) is 7.51. The number of ketones is 1. The molecule has 6 nitrogen and oxygen atoms in total. The highest BCUT2D eigenvalue weighted by Crippen LogP contribution is 2.47. The summed E-state index contributed by atoms with van der Waals surface area (Å²) in [4.78, 5) is 32.7. The fourth-order valence-electron chi connectivity index (χ4n) is 4.54. The molecule has 0 spiro atoms. The van der Waals surface area contributed by atoms with Crippen molar-refractivity contribution in [1.29, 1.82) is 0 Å². The van der Waals surface area contributed by atoms with E-state index in [2.05, 4.69) is 0 Å². The van der Waals surface area contributed by atoms with Gasteiger partial charge >= 0.3 is 0 Å². The van der Waals surface area contributed by atoms with Gasteiger partial charge in [-0.05, 0) is 42.8 Å². The minimum absolute atomic E-state index is 0.0388. The predicted octanol–water partition coefficient (Wildman–Crippen LogP) is 4.82. The highest BCUT2D eigenvalue weighted by Gasteiger charge is 2.47. The Balaban J connectivity index is 1.69. The molecule has 3 atom stereocenters. The predicted molar refractivity (Wildman–Crippen MR) is 107 cm³/mol. The maximum absolute atomic E-state index is 13.4. The first-order valence-corrected chi connectivity index (χ1v) is 9.69. The van der Waals surface area contributed by atoms with Crippen LogP contribution < -0.4 is 4.90 Å². The number of carbonyl (C=O) groups excluding carboxylic acids is 2. The molecule has 2 aliphatic rings. The maximum Gasteiger partial charge on any atom is 0.224 e. The second-order valence-corrected chi connectivity index (χ2v) is 7.51. The van der Waals surface area contributed by atoms with E-state index in [9.17, 15) is 9.59 Å². The van der Waals surface area contributed by atoms with E-state index in [1.54, 1.807) is 23.5 Å². The third-order valence-corrected chi connectivity index (χ3v) is 5.73. The number of amides is 1. The van der Waals surface area contributed by atoms with Gasteiger partial charge < -0.3 is 8.83 Å². The fraction of sp³-hybridized carbons (Fsp3) is 0.261. The van der Waals surface area contributed by atoms with Gasteiger partial charge in [-0.1, -0.05) is 12.1 Å². The summed E-state index contributed by atoms with van der Waals surface area (Å²) in [6.45, 7) is 1.51. The summed E-state index contributed by atoms with van der Waals surface area (Å²) in [6, 6.07) is 14.3. The Morgan fingerprint density at radius 2 is 1.72 bits per heavy atom. The molecule has 1 aliphatic heterocycles. The van der Waals surface area contributed by atoms with Crippen molar-refractivity contribution in [2.24, 2.45) is 10.9 Å². The average Bonchev–Trinajstić information content (AvgIpc) is 3.39. The number of Topliss-reactive ketones (excluding diaryl/α,β-unsaturated/α-hetero) is 1. The Kier molecular flexibility index (Phi) is 4.19. The van der Waals surface area contributed by atoms with E-state index in [-0.39, 0.29) is 17.6 Å². The topological polar surface area (TPSA) is 76.0 Å². The summed E-state index contributed by atoms with van der Waals surface area (Å²) in [5.74, 6) is 0.645. The lowest BCUT2D eigenvalue weighted by Gasteiger charge is -2.36. The molecule has 146 valence electrons. The van der Waals surface area contributed by atoms with E-state index in [1.165, 1.54) is 6.92 Å². The highest BCUT2D eigenvalue weighted by atomic mass is 16.3. The summed E-state index contributed by atoms with van der Waals surface area (Å²) in [5.41, 5.74) is 2.13. The van der Waals surface area contributed by atoms with Gasteiger partial charge in [0.2, 0.25) is 5.91 Å². The Labute approximate surface area is 167 Å². The number of nitrogens with zero attached hydrogens (tertiary/aromatic N) is 2. The van der Waals surface area contributed by atoms with E-state index in [0.717, 1.165) is 11.5 Å². The zero-order chi connectivity index (χ0) is 20.0. The van der Waals surface area contributed by atoms with E-state index >= 15 is 0 Å². The van der Waals surface area contributed by atoms with Crippen LogP contribution in [0.1, 0.15) is 43.2 Å². The number of rotatable bonds is 2. The summed E-state index contributed by atoms with van der Waals surface area (Å²) in [6.07, 6.45) is 4.14. The minimum Gasteiger partial charge on any atom is -0.469 e. The van der Waals surface area contributed by atoms with Gasteiger partial charge in [-0.2, -0.15) is 0 Å². The van der Waals surface area contributed by atoms with Gasteiger partial charge in [0.15, 0.2) is 0 Å². The molecule has 6 heteroatoms. The first-order chi connectivity index (χ1) is 14.1. The van der Waals surface area contributed by atoms with Crippen molar-refractivity contribution in [3.8, 4) is 0 Å². The largest absolute Gasteiger partial charge is 0.469 e. The molecule has 1 unspecified atom stereocenters. The number of anilines is 1. The van der Waals surface area contributed by atoms with Crippen molar-refractivity contribution in [2.75, 3.05) is 4.90 Å². The van der Waals surface area contributed by atoms with Gasteiger partial charge in [-0.25, -0.2) is 0 Å². The number of hydrogen-bond donors (Lipinski definition) is 0. The van der Waals surface area contributed by atoms with Crippen LogP contribution in [0.2, 0.25) is 0 Å². The number of fused-ring (bicyclic) bond motifs is 2. The molecule has 0 saturated heterocycles. The molecule has 0 bridgehead atoms. The third kappa shape index (κ3) is 2.92. The number of hydrogen-bond acceptors (Lipinski definition) is 5. The van der Waals surface area contributed by atoms with Crippen LogP contribution in [0.25, 0.3) is 0 Å². The smallest absolute Gasteiger partial charge is 0.224 e. The SMILES string of the molecule is CC(=O)N1c2ccccc2N=C2C[C@@H](c3ccco3)CC(=O)C2[C@@H]1c1ccco1. The van der Waals surface area contributed by atoms with E-state index in [4.69, 9.17) is 13.8 Å².